The summed E-state index contributed by atoms with van der Waals surface area (Å²) in [5.74, 6) is 0. The van der Waals surface area contributed by atoms with Crippen molar-refractivity contribution in [3.8, 4) is 5.69 Å². The number of para-hydroxylation sites is 2. The monoisotopic (exact) mass is 355 g/mol. The van der Waals surface area contributed by atoms with Crippen LogP contribution >= 0.6 is 11.3 Å². The Morgan fingerprint density at radius 1 is 0.808 bits per heavy atom. The molecule has 26 heavy (non-hydrogen) atoms. The Labute approximate surface area is 153 Å². The number of hydrogen-bond acceptors (Lipinski definition) is 5. The summed E-state index contributed by atoms with van der Waals surface area (Å²) < 4.78 is 3.03. The van der Waals surface area contributed by atoms with Crippen molar-refractivity contribution in [2.75, 3.05) is 0 Å². The second-order valence-corrected chi connectivity index (χ2v) is 6.75. The highest BCUT2D eigenvalue weighted by Crippen LogP contribution is 2.28. The third-order valence-corrected chi connectivity index (χ3v) is 5.03. The average molecular weight is 355 g/mol. The predicted molar refractivity (Wildman–Crippen MR) is 104 cm³/mol. The number of nitrogens with zero attached hydrogens (tertiary/aromatic N) is 5. The van der Waals surface area contributed by atoms with E-state index < -0.39 is 0 Å². The Morgan fingerprint density at radius 3 is 2.35 bits per heavy atom. The van der Waals surface area contributed by atoms with Crippen molar-refractivity contribution in [3.63, 3.8) is 0 Å². The van der Waals surface area contributed by atoms with E-state index in [-0.39, 0.29) is 0 Å². The van der Waals surface area contributed by atoms with Gasteiger partial charge in [-0.2, -0.15) is 0 Å². The fourth-order valence-corrected chi connectivity index (χ4v) is 3.80. The van der Waals surface area contributed by atoms with E-state index in [9.17, 15) is 0 Å². The van der Waals surface area contributed by atoms with Crippen LogP contribution in [-0.2, 0) is 0 Å². The van der Waals surface area contributed by atoms with Gasteiger partial charge in [-0.05, 0) is 24.3 Å². The summed E-state index contributed by atoms with van der Waals surface area (Å²) in [6.07, 6.45) is 5.47. The summed E-state index contributed by atoms with van der Waals surface area (Å²) in [5.41, 5.74) is 4.13. The Kier molecular flexibility index (Phi) is 3.54. The molecule has 5 nitrogen and oxygen atoms in total. The number of hydrogen-bond donors (Lipinski definition) is 0. The van der Waals surface area contributed by atoms with Gasteiger partial charge in [0.1, 0.15) is 15.9 Å². The zero-order chi connectivity index (χ0) is 17.3. The predicted octanol–water partition coefficient (Wildman–Crippen LogP) is 4.26. The molecule has 0 unspecified atom stereocenters. The van der Waals surface area contributed by atoms with Crippen LogP contribution in [0, 0.1) is 0 Å². The first-order valence-corrected chi connectivity index (χ1v) is 8.98. The van der Waals surface area contributed by atoms with Crippen LogP contribution in [-0.4, -0.2) is 19.5 Å². The van der Waals surface area contributed by atoms with Crippen molar-refractivity contribution < 1.29 is 0 Å². The van der Waals surface area contributed by atoms with E-state index in [1.54, 1.807) is 23.7 Å². The maximum absolute atomic E-state index is 4.84. The van der Waals surface area contributed by atoms with E-state index in [1.807, 2.05) is 65.2 Å². The third kappa shape index (κ3) is 2.57. The van der Waals surface area contributed by atoms with Gasteiger partial charge in [-0.3, -0.25) is 4.57 Å². The molecule has 0 aliphatic heterocycles. The van der Waals surface area contributed by atoms with Crippen molar-refractivity contribution in [2.45, 2.75) is 0 Å². The van der Waals surface area contributed by atoms with E-state index in [0.29, 0.717) is 5.62 Å². The lowest BCUT2D eigenvalue weighted by Gasteiger charge is -2.07. The van der Waals surface area contributed by atoms with Gasteiger partial charge in [-0.1, -0.05) is 36.4 Å². The van der Waals surface area contributed by atoms with Crippen LogP contribution in [0.4, 0.5) is 5.69 Å². The van der Waals surface area contributed by atoms with Crippen LogP contribution in [0.15, 0.2) is 84.2 Å². The van der Waals surface area contributed by atoms with Gasteiger partial charge in [0.15, 0.2) is 0 Å². The van der Waals surface area contributed by atoms with Gasteiger partial charge >= 0.3 is 0 Å². The molecule has 6 heteroatoms. The molecule has 0 amide bonds. The Bertz CT molecular complexity index is 1270. The van der Waals surface area contributed by atoms with Gasteiger partial charge in [-0.15, -0.1) is 11.3 Å². The average Bonchev–Trinajstić information content (AvgIpc) is 3.06. The summed E-state index contributed by atoms with van der Waals surface area (Å²) >= 11 is 1.59. The molecule has 0 aliphatic rings. The van der Waals surface area contributed by atoms with E-state index >= 15 is 0 Å². The van der Waals surface area contributed by atoms with E-state index in [2.05, 4.69) is 16.2 Å². The molecule has 2 aromatic carbocycles. The molecule has 0 saturated carbocycles. The fourth-order valence-electron chi connectivity index (χ4n) is 2.83. The molecule has 0 bridgehead atoms. The lowest BCUT2D eigenvalue weighted by atomic mass is 10.3. The molecule has 0 fully saturated rings. The van der Waals surface area contributed by atoms with Crippen molar-refractivity contribution in [1.29, 1.82) is 0 Å². The number of benzene rings is 2. The maximum Gasteiger partial charge on any atom is 0.235 e. The van der Waals surface area contributed by atoms with Gasteiger partial charge in [0.25, 0.3) is 0 Å². The molecule has 124 valence electrons. The molecule has 0 radical (unpaired) electrons. The lowest BCUT2D eigenvalue weighted by Crippen LogP contribution is -2.22. The quantitative estimate of drug-likeness (QED) is 0.475. The molecule has 3 aromatic heterocycles. The van der Waals surface area contributed by atoms with Crippen LogP contribution in [0.3, 0.4) is 0 Å². The second kappa shape index (κ2) is 6.16. The van der Waals surface area contributed by atoms with Crippen molar-refractivity contribution in [1.82, 2.24) is 19.5 Å². The van der Waals surface area contributed by atoms with Crippen LogP contribution in [0.5, 0.6) is 0 Å². The van der Waals surface area contributed by atoms with Crippen LogP contribution < -0.4 is 5.62 Å². The lowest BCUT2D eigenvalue weighted by molar-refractivity contribution is 0.898. The summed E-state index contributed by atoms with van der Waals surface area (Å²) in [5, 5.41) is 0. The third-order valence-electron chi connectivity index (χ3n) is 4.02. The maximum atomic E-state index is 4.84. The Morgan fingerprint density at radius 2 is 1.54 bits per heavy atom. The molecule has 0 saturated heterocycles. The Hall–Kier alpha value is -3.38. The fraction of sp³-hybridized carbons (Fsp3) is 0. The minimum atomic E-state index is 0.611. The zero-order valence-corrected chi connectivity index (χ0v) is 14.5. The highest BCUT2D eigenvalue weighted by atomic mass is 32.1. The van der Waals surface area contributed by atoms with Gasteiger partial charge in [-0.25, -0.2) is 19.9 Å². The first-order valence-electron chi connectivity index (χ1n) is 8.17. The molecule has 3 heterocycles. The largest absolute Gasteiger partial charge is 0.284 e. The molecule has 0 aliphatic carbocycles. The van der Waals surface area contributed by atoms with Crippen LogP contribution in [0.2, 0.25) is 0 Å². The molecule has 5 rings (SSSR count). The van der Waals surface area contributed by atoms with Crippen molar-refractivity contribution in [2.24, 2.45) is 4.99 Å². The highest BCUT2D eigenvalue weighted by Gasteiger charge is 2.11. The van der Waals surface area contributed by atoms with Crippen molar-refractivity contribution in [3.05, 3.63) is 84.9 Å². The summed E-state index contributed by atoms with van der Waals surface area (Å²) in [4.78, 5) is 19.3. The van der Waals surface area contributed by atoms with E-state index in [4.69, 9.17) is 9.98 Å². The van der Waals surface area contributed by atoms with Crippen LogP contribution in [0.25, 0.3) is 26.3 Å². The van der Waals surface area contributed by atoms with E-state index in [0.717, 1.165) is 31.9 Å². The Balaban J connectivity index is 1.87. The first-order chi connectivity index (χ1) is 12.9. The standard InChI is InChI=1S/C20H13N5S/c1-3-7-14(8-4-1)23-20-24-17-16(26-19-18(17)21-11-12-22-19)13-25(20)15-9-5-2-6-10-15/h1-13H. The SMILES string of the molecule is c1ccc(N=c2nc3c(cn2-c2ccccc2)sc2nccnc23)cc1. The minimum absolute atomic E-state index is 0.611. The summed E-state index contributed by atoms with van der Waals surface area (Å²) in [7, 11) is 0. The smallest absolute Gasteiger partial charge is 0.235 e. The normalized spacial score (nSPS) is 12.1. The molecule has 0 atom stereocenters. The molecular weight excluding hydrogens is 342 g/mol. The number of fused-ring (bicyclic) bond motifs is 3. The molecule has 5 aromatic rings. The summed E-state index contributed by atoms with van der Waals surface area (Å²) in [6.45, 7) is 0. The highest BCUT2D eigenvalue weighted by molar-refractivity contribution is 7.25. The van der Waals surface area contributed by atoms with Gasteiger partial charge < -0.3 is 0 Å². The van der Waals surface area contributed by atoms with Gasteiger partial charge in [0, 0.05) is 24.3 Å². The first kappa shape index (κ1) is 14.9. The molecular formula is C20H13N5S. The summed E-state index contributed by atoms with van der Waals surface area (Å²) in [6, 6.07) is 19.9. The van der Waals surface area contributed by atoms with Gasteiger partial charge in [0.05, 0.1) is 10.4 Å². The molecule has 0 N–H and O–H groups in total. The number of thiophene rings is 1. The van der Waals surface area contributed by atoms with Gasteiger partial charge in [0.2, 0.25) is 5.62 Å². The number of aromatic nitrogens is 4. The zero-order valence-electron chi connectivity index (χ0n) is 13.6. The number of rotatable bonds is 2. The minimum Gasteiger partial charge on any atom is -0.284 e. The van der Waals surface area contributed by atoms with Crippen LogP contribution in [0.1, 0.15) is 0 Å². The van der Waals surface area contributed by atoms with Crippen molar-refractivity contribution >= 4 is 37.6 Å². The van der Waals surface area contributed by atoms with E-state index in [1.165, 1.54) is 0 Å². The second-order valence-electron chi connectivity index (χ2n) is 5.72. The topological polar surface area (TPSA) is 56.0 Å². The molecule has 0 spiro atoms.